The van der Waals surface area contributed by atoms with Crippen LogP contribution in [0.3, 0.4) is 0 Å². The van der Waals surface area contributed by atoms with Gasteiger partial charge in [0.15, 0.2) is 12.6 Å². The molecule has 9 nitrogen and oxygen atoms in total. The smallest absolute Gasteiger partial charge is 0.203 e. The van der Waals surface area contributed by atoms with Crippen molar-refractivity contribution in [3.63, 3.8) is 0 Å². The maximum absolute atomic E-state index is 6.10. The first kappa shape index (κ1) is 17.5. The van der Waals surface area contributed by atoms with E-state index in [9.17, 15) is 0 Å². The third-order valence-electron chi connectivity index (χ3n) is 6.17. The Kier molecular flexibility index (Phi) is 3.93. The summed E-state index contributed by atoms with van der Waals surface area (Å²) >= 11 is 0. The molecular weight excluding hydrogens is 360 g/mol. The van der Waals surface area contributed by atoms with Gasteiger partial charge in [-0.3, -0.25) is 0 Å². The van der Waals surface area contributed by atoms with Gasteiger partial charge in [-0.2, -0.15) is 0 Å². The van der Waals surface area contributed by atoms with E-state index in [2.05, 4.69) is 0 Å². The molecule has 0 unspecified atom stereocenters. The van der Waals surface area contributed by atoms with Gasteiger partial charge in [0.25, 0.3) is 0 Å². The maximum Gasteiger partial charge on any atom is 0.203 e. The lowest BCUT2D eigenvalue weighted by Crippen LogP contribution is -2.45. The molecule has 2 spiro atoms. The molecule has 6 rings (SSSR count). The van der Waals surface area contributed by atoms with Gasteiger partial charge in [0.05, 0.1) is 38.6 Å². The molecule has 0 aromatic rings. The summed E-state index contributed by atoms with van der Waals surface area (Å²) in [6.07, 6.45) is 0.248. The Bertz CT molecular complexity index is 545. The average molecular weight is 386 g/mol. The minimum atomic E-state index is -0.561. The van der Waals surface area contributed by atoms with Crippen molar-refractivity contribution < 1.29 is 42.6 Å². The Morgan fingerprint density at radius 2 is 1.22 bits per heavy atom. The third kappa shape index (κ3) is 2.95. The van der Waals surface area contributed by atoms with Crippen LogP contribution in [0, 0.1) is 0 Å². The Morgan fingerprint density at radius 1 is 0.741 bits per heavy atom. The number of hydrogen-bond donors (Lipinski definition) is 0. The van der Waals surface area contributed by atoms with Crippen LogP contribution >= 0.6 is 0 Å². The van der Waals surface area contributed by atoms with Crippen molar-refractivity contribution in [3.8, 4) is 0 Å². The standard InChI is InChI=1S/C18H26O9/c1-9-20-5-11-3-17(24-9)15(26-17)13(22-11)7-19-8-14-16-18(27-16)4-12(23-14)6-21-10(2)25-18/h9-16H,3-8H2,1-2H3/t9-,10-,11-,12+,13-,14+,15-,16+,17-,18-/m0/s1. The molecule has 0 saturated carbocycles. The fourth-order valence-electron chi connectivity index (χ4n) is 4.93. The zero-order valence-corrected chi connectivity index (χ0v) is 15.5. The SMILES string of the molecule is C[C@H]1OC[C@H]2C[C@]3(O1)O[C@@H]3[C@@H](COC[C@@H]1O[C@@H]3CO[C@H](C)O[C@@]4(C3)O[C@@H]14)O2. The summed E-state index contributed by atoms with van der Waals surface area (Å²) in [5.41, 5.74) is 0. The molecule has 6 saturated heterocycles. The first-order chi connectivity index (χ1) is 13.1. The van der Waals surface area contributed by atoms with E-state index in [-0.39, 0.29) is 49.2 Å². The molecule has 4 bridgehead atoms. The van der Waals surface area contributed by atoms with Gasteiger partial charge in [0, 0.05) is 12.8 Å². The van der Waals surface area contributed by atoms with E-state index in [0.29, 0.717) is 39.3 Å². The van der Waals surface area contributed by atoms with Crippen molar-refractivity contribution in [2.24, 2.45) is 0 Å². The lowest BCUT2D eigenvalue weighted by molar-refractivity contribution is -0.180. The lowest BCUT2D eigenvalue weighted by Gasteiger charge is -2.30. The molecule has 6 fully saturated rings. The van der Waals surface area contributed by atoms with E-state index >= 15 is 0 Å². The molecule has 152 valence electrons. The van der Waals surface area contributed by atoms with Crippen LogP contribution in [-0.2, 0) is 42.6 Å². The Balaban J connectivity index is 1.05. The monoisotopic (exact) mass is 386 g/mol. The van der Waals surface area contributed by atoms with Gasteiger partial charge in [-0.1, -0.05) is 0 Å². The molecule has 6 aliphatic heterocycles. The summed E-state index contributed by atoms with van der Waals surface area (Å²) in [5.74, 6) is -1.12. The summed E-state index contributed by atoms with van der Waals surface area (Å²) in [6.45, 7) is 5.63. The first-order valence-electron chi connectivity index (χ1n) is 9.88. The molecule has 0 aromatic carbocycles. The van der Waals surface area contributed by atoms with Crippen LogP contribution in [0.25, 0.3) is 0 Å². The van der Waals surface area contributed by atoms with E-state index < -0.39 is 11.6 Å². The minimum absolute atomic E-state index is 0.0295. The van der Waals surface area contributed by atoms with Gasteiger partial charge < -0.3 is 42.6 Å². The average Bonchev–Trinajstić information content (AvgIpc) is 3.52. The Morgan fingerprint density at radius 3 is 1.70 bits per heavy atom. The highest BCUT2D eigenvalue weighted by molar-refractivity contribution is 5.07. The van der Waals surface area contributed by atoms with Crippen LogP contribution in [0.5, 0.6) is 0 Å². The molecule has 0 aliphatic carbocycles. The second-order valence-electron chi connectivity index (χ2n) is 8.28. The summed E-state index contributed by atoms with van der Waals surface area (Å²) in [7, 11) is 0. The largest absolute Gasteiger partial charge is 0.376 e. The molecule has 0 amide bonds. The predicted molar refractivity (Wildman–Crippen MR) is 85.6 cm³/mol. The number of hydrogen-bond acceptors (Lipinski definition) is 9. The zero-order chi connectivity index (χ0) is 18.2. The molecule has 6 aliphatic rings. The van der Waals surface area contributed by atoms with E-state index in [1.165, 1.54) is 0 Å². The van der Waals surface area contributed by atoms with Gasteiger partial charge in [0.1, 0.15) is 24.4 Å². The second-order valence-corrected chi connectivity index (χ2v) is 8.28. The highest BCUT2D eigenvalue weighted by Gasteiger charge is 2.69. The van der Waals surface area contributed by atoms with Crippen LogP contribution in [0.15, 0.2) is 0 Å². The normalized spacial score (nSPS) is 58.4. The van der Waals surface area contributed by atoms with Crippen LogP contribution in [0.2, 0.25) is 0 Å². The molecule has 0 radical (unpaired) electrons. The fourth-order valence-corrected chi connectivity index (χ4v) is 4.93. The molecule has 27 heavy (non-hydrogen) atoms. The summed E-state index contributed by atoms with van der Waals surface area (Å²) in [5, 5.41) is 0. The maximum atomic E-state index is 6.10. The zero-order valence-electron chi connectivity index (χ0n) is 15.5. The highest BCUT2D eigenvalue weighted by atomic mass is 16.9. The van der Waals surface area contributed by atoms with Crippen LogP contribution in [0.1, 0.15) is 26.7 Å². The van der Waals surface area contributed by atoms with E-state index in [1.54, 1.807) is 0 Å². The number of ether oxygens (including phenoxy) is 9. The van der Waals surface area contributed by atoms with Crippen molar-refractivity contribution in [2.75, 3.05) is 26.4 Å². The van der Waals surface area contributed by atoms with Gasteiger partial charge in [-0.05, 0) is 13.8 Å². The minimum Gasteiger partial charge on any atom is -0.376 e. The quantitative estimate of drug-likeness (QED) is 0.633. The van der Waals surface area contributed by atoms with Crippen molar-refractivity contribution in [1.29, 1.82) is 0 Å². The number of fused-ring (bicyclic) bond motifs is 2. The summed E-state index contributed by atoms with van der Waals surface area (Å²) in [6, 6.07) is 0. The van der Waals surface area contributed by atoms with Crippen molar-refractivity contribution in [1.82, 2.24) is 0 Å². The van der Waals surface area contributed by atoms with Gasteiger partial charge in [-0.15, -0.1) is 0 Å². The predicted octanol–water partition coefficient (Wildman–Crippen LogP) is 0.294. The molecule has 10 atom stereocenters. The molecular formula is C18H26O9. The van der Waals surface area contributed by atoms with Crippen molar-refractivity contribution in [3.05, 3.63) is 0 Å². The van der Waals surface area contributed by atoms with Crippen molar-refractivity contribution >= 4 is 0 Å². The van der Waals surface area contributed by atoms with Gasteiger partial charge in [0.2, 0.25) is 11.6 Å². The van der Waals surface area contributed by atoms with Crippen LogP contribution in [-0.4, -0.2) is 87.2 Å². The molecule has 9 heteroatoms. The third-order valence-corrected chi connectivity index (χ3v) is 6.17. The van der Waals surface area contributed by atoms with Crippen LogP contribution in [0.4, 0.5) is 0 Å². The van der Waals surface area contributed by atoms with Gasteiger partial charge in [-0.25, -0.2) is 0 Å². The Hall–Kier alpha value is -0.360. The second kappa shape index (κ2) is 6.07. The first-order valence-corrected chi connectivity index (χ1v) is 9.88. The fraction of sp³-hybridized carbons (Fsp3) is 1.00. The van der Waals surface area contributed by atoms with E-state index in [0.717, 1.165) is 0 Å². The lowest BCUT2D eigenvalue weighted by atomic mass is 10.0. The number of epoxide rings is 2. The molecule has 0 N–H and O–H groups in total. The summed E-state index contributed by atoms with van der Waals surface area (Å²) < 4.78 is 52.9. The number of rotatable bonds is 4. The molecule has 0 aromatic heterocycles. The van der Waals surface area contributed by atoms with E-state index in [4.69, 9.17) is 42.6 Å². The van der Waals surface area contributed by atoms with E-state index in [1.807, 2.05) is 13.8 Å². The topological polar surface area (TPSA) is 89.7 Å². The summed E-state index contributed by atoms with van der Waals surface area (Å²) in [4.78, 5) is 0. The Labute approximate surface area is 157 Å². The van der Waals surface area contributed by atoms with Crippen molar-refractivity contribution in [2.45, 2.75) is 87.5 Å². The van der Waals surface area contributed by atoms with Crippen LogP contribution < -0.4 is 0 Å². The van der Waals surface area contributed by atoms with Gasteiger partial charge >= 0.3 is 0 Å². The highest BCUT2D eigenvalue weighted by Crippen LogP contribution is 2.52. The molecule has 6 heterocycles.